The Labute approximate surface area is 210 Å². The van der Waals surface area contributed by atoms with Crippen molar-refractivity contribution >= 4 is 31.2 Å². The normalized spacial score (nSPS) is 12.0. The minimum Gasteiger partial charge on any atom is -0.443 e. The third-order valence-electron chi connectivity index (χ3n) is 4.26. The molecular weight excluding hydrogens is 489 g/mol. The van der Waals surface area contributed by atoms with E-state index in [-0.39, 0.29) is 28.1 Å². The number of ether oxygens (including phenoxy) is 1. The number of phosphoric acid groups is 1. The molecule has 7 nitrogen and oxygen atoms in total. The topological polar surface area (TPSA) is 74.3 Å². The van der Waals surface area contributed by atoms with Crippen molar-refractivity contribution in [3.8, 4) is 11.5 Å². The Morgan fingerprint density at radius 2 is 1.34 bits per heavy atom. The highest BCUT2D eigenvalue weighted by atomic mass is 35.5. The molecular formula is C26H27ClNO6P. The van der Waals surface area contributed by atoms with Gasteiger partial charge in [0.2, 0.25) is 5.88 Å². The summed E-state index contributed by atoms with van der Waals surface area (Å²) >= 11 is 6.40. The van der Waals surface area contributed by atoms with Gasteiger partial charge in [-0.25, -0.2) is 9.69 Å². The number of amides is 1. The molecule has 9 heteroatoms. The van der Waals surface area contributed by atoms with Crippen LogP contribution in [0.4, 0.5) is 10.5 Å². The Morgan fingerprint density at radius 3 is 1.80 bits per heavy atom. The van der Waals surface area contributed by atoms with Crippen molar-refractivity contribution in [2.75, 3.05) is 4.90 Å². The van der Waals surface area contributed by atoms with Crippen molar-refractivity contribution in [3.63, 3.8) is 0 Å². The van der Waals surface area contributed by atoms with Gasteiger partial charge in [0.25, 0.3) is 0 Å². The number of nitrogens with zero attached hydrogens (tertiary/aromatic N) is 1. The Morgan fingerprint density at radius 1 is 0.857 bits per heavy atom. The van der Waals surface area contributed by atoms with Crippen LogP contribution in [0.5, 0.6) is 11.5 Å². The van der Waals surface area contributed by atoms with Crippen LogP contribution >= 0.6 is 19.4 Å². The van der Waals surface area contributed by atoms with E-state index in [1.165, 1.54) is 6.08 Å². The van der Waals surface area contributed by atoms with E-state index in [2.05, 4.69) is 0 Å². The van der Waals surface area contributed by atoms with E-state index in [0.717, 1.165) is 4.90 Å². The number of anilines is 1. The van der Waals surface area contributed by atoms with Crippen molar-refractivity contribution < 1.29 is 27.7 Å². The fraction of sp³-hybridized carbons (Fsp3) is 0.192. The molecule has 0 N–H and O–H groups in total. The summed E-state index contributed by atoms with van der Waals surface area (Å²) in [6.45, 7) is 6.80. The third kappa shape index (κ3) is 7.54. The average molecular weight is 516 g/mol. The number of rotatable bonds is 8. The Balaban J connectivity index is 2.03. The smallest absolute Gasteiger partial charge is 0.443 e. The maximum Gasteiger partial charge on any atom is 0.648 e. The van der Waals surface area contributed by atoms with Gasteiger partial charge < -0.3 is 18.3 Å². The fourth-order valence-electron chi connectivity index (χ4n) is 2.86. The van der Waals surface area contributed by atoms with Gasteiger partial charge in [-0.15, -0.1) is 0 Å². The van der Waals surface area contributed by atoms with Crippen molar-refractivity contribution in [2.24, 2.45) is 0 Å². The first-order chi connectivity index (χ1) is 16.6. The van der Waals surface area contributed by atoms with E-state index in [9.17, 15) is 9.36 Å². The molecule has 0 heterocycles. The molecule has 0 aromatic heterocycles. The largest absolute Gasteiger partial charge is 0.648 e. The number of benzene rings is 3. The quantitative estimate of drug-likeness (QED) is 0.222. The molecule has 35 heavy (non-hydrogen) atoms. The number of carbonyl (C=O) groups is 1. The van der Waals surface area contributed by atoms with Crippen LogP contribution in [-0.4, -0.2) is 11.7 Å². The minimum absolute atomic E-state index is 0.150. The molecule has 0 aliphatic rings. The molecule has 0 spiro atoms. The third-order valence-corrected chi connectivity index (χ3v) is 5.86. The zero-order chi connectivity index (χ0) is 25.5. The molecule has 184 valence electrons. The lowest BCUT2D eigenvalue weighted by atomic mass is 10.2. The predicted octanol–water partition coefficient (Wildman–Crippen LogP) is 8.23. The first-order valence-corrected chi connectivity index (χ1v) is 12.7. The highest BCUT2D eigenvalue weighted by Crippen LogP contribution is 2.52. The first kappa shape index (κ1) is 26.2. The number of carbonyl (C=O) groups excluding carboxylic acids is 1. The summed E-state index contributed by atoms with van der Waals surface area (Å²) in [6, 6.07) is 23.5. The number of para-hydroxylation sites is 3. The summed E-state index contributed by atoms with van der Waals surface area (Å²) in [5.41, 5.74) is -0.553. The van der Waals surface area contributed by atoms with Gasteiger partial charge in [0.1, 0.15) is 17.1 Å². The number of halogens is 1. The predicted molar refractivity (Wildman–Crippen MR) is 137 cm³/mol. The SMILES string of the molecule is C/C=C(\OP(=O)(Oc1ccccc1)Oc1ccccc1)N(C(=O)OC(C)(C)C)c1ccccc1Cl. The molecule has 0 bridgehead atoms. The van der Waals surface area contributed by atoms with E-state index < -0.39 is 19.5 Å². The van der Waals surface area contributed by atoms with Crippen LogP contribution in [0.15, 0.2) is 96.9 Å². The van der Waals surface area contributed by atoms with Gasteiger partial charge in [-0.2, -0.15) is 4.57 Å². The van der Waals surface area contributed by atoms with Crippen LogP contribution in [0.2, 0.25) is 5.02 Å². The van der Waals surface area contributed by atoms with Gasteiger partial charge in [-0.1, -0.05) is 60.1 Å². The van der Waals surface area contributed by atoms with E-state index in [1.807, 2.05) is 0 Å². The van der Waals surface area contributed by atoms with Crippen LogP contribution in [0.3, 0.4) is 0 Å². The number of allylic oxidation sites excluding steroid dienone is 1. The lowest BCUT2D eigenvalue weighted by molar-refractivity contribution is 0.0576. The molecule has 0 saturated carbocycles. The van der Waals surface area contributed by atoms with Crippen molar-refractivity contribution in [1.82, 2.24) is 0 Å². The number of phosphoric ester groups is 1. The van der Waals surface area contributed by atoms with Crippen LogP contribution < -0.4 is 13.9 Å². The molecule has 0 radical (unpaired) electrons. The van der Waals surface area contributed by atoms with Crippen LogP contribution in [0.1, 0.15) is 27.7 Å². The van der Waals surface area contributed by atoms with Gasteiger partial charge in [0.05, 0.1) is 10.7 Å². The Bertz CT molecular complexity index is 1170. The van der Waals surface area contributed by atoms with Gasteiger partial charge in [-0.3, -0.25) is 0 Å². The second-order valence-electron chi connectivity index (χ2n) is 8.24. The highest BCUT2D eigenvalue weighted by molar-refractivity contribution is 7.49. The lowest BCUT2D eigenvalue weighted by Crippen LogP contribution is -2.37. The van der Waals surface area contributed by atoms with E-state index in [1.54, 1.807) is 113 Å². The molecule has 0 atom stereocenters. The maximum atomic E-state index is 13.9. The minimum atomic E-state index is -4.38. The van der Waals surface area contributed by atoms with Crippen molar-refractivity contribution in [3.05, 3.63) is 102 Å². The standard InChI is InChI=1S/C26H27ClNO6P/c1-5-24(28(25(29)31-26(2,3)4)23-19-13-12-18-22(23)27)34-35(30,32-20-14-8-6-9-15-20)33-21-16-10-7-11-17-21/h5-19H,1-4H3/b24-5-. The van der Waals surface area contributed by atoms with E-state index >= 15 is 0 Å². The molecule has 3 aromatic rings. The number of hydrogen-bond donors (Lipinski definition) is 0. The zero-order valence-electron chi connectivity index (χ0n) is 19.9. The fourth-order valence-corrected chi connectivity index (χ4v) is 4.37. The van der Waals surface area contributed by atoms with Crippen LogP contribution in [0.25, 0.3) is 0 Å². The van der Waals surface area contributed by atoms with E-state index in [0.29, 0.717) is 0 Å². The first-order valence-electron chi connectivity index (χ1n) is 10.8. The Kier molecular flexibility index (Phi) is 8.49. The van der Waals surface area contributed by atoms with Crippen molar-refractivity contribution in [2.45, 2.75) is 33.3 Å². The summed E-state index contributed by atoms with van der Waals surface area (Å²) in [7, 11) is -4.38. The average Bonchev–Trinajstić information content (AvgIpc) is 2.80. The molecule has 1 amide bonds. The van der Waals surface area contributed by atoms with Gasteiger partial charge in [0.15, 0.2) is 0 Å². The summed E-state index contributed by atoms with van der Waals surface area (Å²) in [6.07, 6.45) is 0.660. The summed E-state index contributed by atoms with van der Waals surface area (Å²) < 4.78 is 36.7. The highest BCUT2D eigenvalue weighted by Gasteiger charge is 2.38. The monoisotopic (exact) mass is 515 g/mol. The summed E-state index contributed by atoms with van der Waals surface area (Å²) in [4.78, 5) is 14.4. The van der Waals surface area contributed by atoms with Gasteiger partial charge >= 0.3 is 13.9 Å². The van der Waals surface area contributed by atoms with Gasteiger partial charge in [-0.05, 0) is 70.2 Å². The van der Waals surface area contributed by atoms with Crippen LogP contribution in [-0.2, 0) is 13.8 Å². The molecule has 3 rings (SSSR count). The molecule has 0 unspecified atom stereocenters. The second kappa shape index (κ2) is 11.3. The second-order valence-corrected chi connectivity index (χ2v) is 10.1. The van der Waals surface area contributed by atoms with E-state index in [4.69, 9.17) is 29.9 Å². The van der Waals surface area contributed by atoms with Gasteiger partial charge in [0, 0.05) is 0 Å². The molecule has 0 aliphatic carbocycles. The van der Waals surface area contributed by atoms with Crippen LogP contribution in [0, 0.1) is 0 Å². The zero-order valence-corrected chi connectivity index (χ0v) is 21.5. The summed E-state index contributed by atoms with van der Waals surface area (Å²) in [5.74, 6) is 0.357. The molecule has 0 aliphatic heterocycles. The molecule has 0 fully saturated rings. The lowest BCUT2D eigenvalue weighted by Gasteiger charge is -2.30. The maximum absolute atomic E-state index is 13.9. The number of hydrogen-bond acceptors (Lipinski definition) is 6. The Hall–Kier alpha value is -3.41. The van der Waals surface area contributed by atoms with Crippen molar-refractivity contribution in [1.29, 1.82) is 0 Å². The summed E-state index contributed by atoms with van der Waals surface area (Å²) in [5, 5.41) is 0.254. The molecule has 3 aromatic carbocycles. The molecule has 0 saturated heterocycles.